The van der Waals surface area contributed by atoms with E-state index in [0.29, 0.717) is 0 Å². The van der Waals surface area contributed by atoms with E-state index in [0.717, 1.165) is 24.9 Å². The minimum Gasteiger partial charge on any atom is -0.310 e. The third kappa shape index (κ3) is 3.87. The van der Waals surface area contributed by atoms with Gasteiger partial charge in [0.2, 0.25) is 0 Å². The topological polar surface area (TPSA) is 24.9 Å². The number of rotatable bonds is 6. The Balaban J connectivity index is 2.19. The van der Waals surface area contributed by atoms with Crippen molar-refractivity contribution in [2.45, 2.75) is 32.7 Å². The summed E-state index contributed by atoms with van der Waals surface area (Å²) >= 11 is 0. The van der Waals surface area contributed by atoms with E-state index >= 15 is 0 Å². The molecule has 2 nitrogen and oxygen atoms in total. The molecule has 1 N–H and O–H groups in total. The molecule has 0 aliphatic rings. The van der Waals surface area contributed by atoms with Crippen molar-refractivity contribution in [2.24, 2.45) is 0 Å². The number of halogens is 1. The first-order chi connectivity index (χ1) is 9.70. The van der Waals surface area contributed by atoms with Crippen molar-refractivity contribution < 1.29 is 4.39 Å². The van der Waals surface area contributed by atoms with Crippen molar-refractivity contribution in [2.75, 3.05) is 6.54 Å². The molecule has 1 unspecified atom stereocenters. The van der Waals surface area contributed by atoms with E-state index in [1.54, 1.807) is 0 Å². The Hall–Kier alpha value is -1.74. The summed E-state index contributed by atoms with van der Waals surface area (Å²) in [6.07, 6.45) is 5.66. The van der Waals surface area contributed by atoms with E-state index in [4.69, 9.17) is 0 Å². The minimum atomic E-state index is -0.188. The van der Waals surface area contributed by atoms with Crippen molar-refractivity contribution in [1.29, 1.82) is 0 Å². The Labute approximate surface area is 120 Å². The molecule has 0 radical (unpaired) electrons. The van der Waals surface area contributed by atoms with Gasteiger partial charge in [-0.05, 0) is 61.2 Å². The molecule has 1 aromatic carbocycles. The van der Waals surface area contributed by atoms with E-state index in [-0.39, 0.29) is 11.9 Å². The van der Waals surface area contributed by atoms with Gasteiger partial charge in [-0.2, -0.15) is 0 Å². The third-order valence-electron chi connectivity index (χ3n) is 3.43. The maximum Gasteiger partial charge on any atom is 0.123 e. The molecule has 106 valence electrons. The summed E-state index contributed by atoms with van der Waals surface area (Å²) in [4.78, 5) is 4.15. The smallest absolute Gasteiger partial charge is 0.123 e. The first-order valence-electron chi connectivity index (χ1n) is 7.09. The first kappa shape index (κ1) is 14.7. The SMILES string of the molecule is CCCNC(Cc1ccc(F)cc1)c1ccncc1C. The fourth-order valence-electron chi connectivity index (χ4n) is 2.34. The molecule has 0 bridgehead atoms. The van der Waals surface area contributed by atoms with Gasteiger partial charge in [0.25, 0.3) is 0 Å². The maximum atomic E-state index is 13.0. The van der Waals surface area contributed by atoms with Crippen LogP contribution in [0, 0.1) is 12.7 Å². The zero-order valence-corrected chi connectivity index (χ0v) is 12.1. The monoisotopic (exact) mass is 272 g/mol. The van der Waals surface area contributed by atoms with Gasteiger partial charge in [0.15, 0.2) is 0 Å². The van der Waals surface area contributed by atoms with Gasteiger partial charge < -0.3 is 5.32 Å². The molecular formula is C17H21FN2. The molecule has 1 aromatic heterocycles. The van der Waals surface area contributed by atoms with Crippen molar-refractivity contribution in [3.63, 3.8) is 0 Å². The zero-order chi connectivity index (χ0) is 14.4. The predicted molar refractivity (Wildman–Crippen MR) is 80.1 cm³/mol. The Morgan fingerprint density at radius 1 is 1.20 bits per heavy atom. The Morgan fingerprint density at radius 3 is 2.60 bits per heavy atom. The van der Waals surface area contributed by atoms with Crippen molar-refractivity contribution >= 4 is 0 Å². The fraction of sp³-hybridized carbons (Fsp3) is 0.353. The molecule has 0 saturated carbocycles. The van der Waals surface area contributed by atoms with Crippen LogP contribution in [-0.2, 0) is 6.42 Å². The number of aromatic nitrogens is 1. The number of benzene rings is 1. The highest BCUT2D eigenvalue weighted by atomic mass is 19.1. The van der Waals surface area contributed by atoms with Crippen LogP contribution in [0.2, 0.25) is 0 Å². The summed E-state index contributed by atoms with van der Waals surface area (Å²) in [6, 6.07) is 9.05. The molecule has 20 heavy (non-hydrogen) atoms. The summed E-state index contributed by atoms with van der Waals surface area (Å²) in [5, 5.41) is 3.57. The van der Waals surface area contributed by atoms with Gasteiger partial charge in [-0.1, -0.05) is 19.1 Å². The van der Waals surface area contributed by atoms with Gasteiger partial charge in [-0.3, -0.25) is 4.98 Å². The van der Waals surface area contributed by atoms with E-state index in [9.17, 15) is 4.39 Å². The van der Waals surface area contributed by atoms with Crippen molar-refractivity contribution in [1.82, 2.24) is 10.3 Å². The summed E-state index contributed by atoms with van der Waals surface area (Å²) in [5.41, 5.74) is 3.58. The lowest BCUT2D eigenvalue weighted by Crippen LogP contribution is -2.24. The van der Waals surface area contributed by atoms with E-state index in [1.807, 2.05) is 24.5 Å². The summed E-state index contributed by atoms with van der Waals surface area (Å²) in [5.74, 6) is -0.188. The second-order valence-corrected chi connectivity index (χ2v) is 5.07. The second-order valence-electron chi connectivity index (χ2n) is 5.07. The Bertz CT molecular complexity index is 537. The Kier molecular flexibility index (Phi) is 5.24. The summed E-state index contributed by atoms with van der Waals surface area (Å²) in [7, 11) is 0. The van der Waals surface area contributed by atoms with Crippen LogP contribution >= 0.6 is 0 Å². The highest BCUT2D eigenvalue weighted by Crippen LogP contribution is 2.21. The molecular weight excluding hydrogens is 251 g/mol. The van der Waals surface area contributed by atoms with Crippen LogP contribution in [0.15, 0.2) is 42.7 Å². The predicted octanol–water partition coefficient (Wildman–Crippen LogP) is 3.81. The van der Waals surface area contributed by atoms with Crippen LogP contribution in [0.1, 0.15) is 36.1 Å². The van der Waals surface area contributed by atoms with E-state index in [1.165, 1.54) is 23.3 Å². The molecule has 2 rings (SSSR count). The molecule has 0 fully saturated rings. The van der Waals surface area contributed by atoms with Crippen LogP contribution in [-0.4, -0.2) is 11.5 Å². The summed E-state index contributed by atoms with van der Waals surface area (Å²) < 4.78 is 13.0. The number of pyridine rings is 1. The molecule has 0 aliphatic carbocycles. The zero-order valence-electron chi connectivity index (χ0n) is 12.1. The van der Waals surface area contributed by atoms with Gasteiger partial charge in [0.05, 0.1) is 0 Å². The molecule has 0 spiro atoms. The van der Waals surface area contributed by atoms with Gasteiger partial charge in [0.1, 0.15) is 5.82 Å². The van der Waals surface area contributed by atoms with Gasteiger partial charge in [-0.15, -0.1) is 0 Å². The lowest BCUT2D eigenvalue weighted by Gasteiger charge is -2.21. The first-order valence-corrected chi connectivity index (χ1v) is 7.09. The van der Waals surface area contributed by atoms with Gasteiger partial charge in [0, 0.05) is 18.4 Å². The lowest BCUT2D eigenvalue weighted by atomic mass is 9.96. The minimum absolute atomic E-state index is 0.188. The molecule has 2 aromatic rings. The van der Waals surface area contributed by atoms with Crippen LogP contribution < -0.4 is 5.32 Å². The average molecular weight is 272 g/mol. The molecule has 1 atom stereocenters. The number of nitrogens with zero attached hydrogens (tertiary/aromatic N) is 1. The Morgan fingerprint density at radius 2 is 1.95 bits per heavy atom. The van der Waals surface area contributed by atoms with Gasteiger partial charge >= 0.3 is 0 Å². The molecule has 1 heterocycles. The molecule has 3 heteroatoms. The molecule has 0 aliphatic heterocycles. The summed E-state index contributed by atoms with van der Waals surface area (Å²) in [6.45, 7) is 5.20. The van der Waals surface area contributed by atoms with Crippen molar-refractivity contribution in [3.05, 3.63) is 65.2 Å². The van der Waals surface area contributed by atoms with Crippen LogP contribution in [0.5, 0.6) is 0 Å². The quantitative estimate of drug-likeness (QED) is 0.865. The number of nitrogens with one attached hydrogen (secondary N) is 1. The van der Waals surface area contributed by atoms with Crippen LogP contribution in [0.25, 0.3) is 0 Å². The second kappa shape index (κ2) is 7.15. The molecule has 0 saturated heterocycles. The van der Waals surface area contributed by atoms with E-state index < -0.39 is 0 Å². The van der Waals surface area contributed by atoms with Crippen molar-refractivity contribution in [3.8, 4) is 0 Å². The highest BCUT2D eigenvalue weighted by molar-refractivity contribution is 5.28. The lowest BCUT2D eigenvalue weighted by molar-refractivity contribution is 0.526. The highest BCUT2D eigenvalue weighted by Gasteiger charge is 2.13. The largest absolute Gasteiger partial charge is 0.310 e. The van der Waals surface area contributed by atoms with Crippen LogP contribution in [0.4, 0.5) is 4.39 Å². The fourth-order valence-corrected chi connectivity index (χ4v) is 2.34. The van der Waals surface area contributed by atoms with E-state index in [2.05, 4.69) is 30.2 Å². The number of aryl methyl sites for hydroxylation is 1. The van der Waals surface area contributed by atoms with Crippen LogP contribution in [0.3, 0.4) is 0 Å². The number of hydrogen-bond donors (Lipinski definition) is 1. The standard InChI is InChI=1S/C17H21FN2/c1-3-9-20-17(16-8-10-19-12-13(16)2)11-14-4-6-15(18)7-5-14/h4-8,10,12,17,20H,3,9,11H2,1-2H3. The van der Waals surface area contributed by atoms with Gasteiger partial charge in [-0.25, -0.2) is 4.39 Å². The molecule has 0 amide bonds. The third-order valence-corrected chi connectivity index (χ3v) is 3.43. The average Bonchev–Trinajstić information content (AvgIpc) is 2.46. The number of hydrogen-bond acceptors (Lipinski definition) is 2. The normalized spacial score (nSPS) is 12.3. The maximum absolute atomic E-state index is 13.0.